The van der Waals surface area contributed by atoms with Gasteiger partial charge in [-0.25, -0.2) is 4.39 Å². The number of β-amino-alcohol motifs (C(OH)–C–C–N with tert-alkyl or cyclic N) is 1. The smallest absolute Gasteiger partial charge is 0.254 e. The number of ether oxygens (including phenoxy) is 3. The third-order valence-electron chi connectivity index (χ3n) is 4.66. The Morgan fingerprint density at radius 3 is 2.93 bits per heavy atom. The van der Waals surface area contributed by atoms with Crippen molar-refractivity contribution in [2.45, 2.75) is 32.2 Å². The number of aliphatic hydroxyl groups is 1. The highest BCUT2D eigenvalue weighted by Gasteiger charge is 2.26. The number of benzene rings is 1. The summed E-state index contributed by atoms with van der Waals surface area (Å²) in [7, 11) is 1.57. The Hall–Kier alpha value is -1.58. The quantitative estimate of drug-likeness (QED) is 0.593. The topological polar surface area (TPSA) is 71.5 Å². The fourth-order valence-electron chi connectivity index (χ4n) is 3.24. The SMILES string of the molecule is COCCN(C[C@@H]1CN(C[C@H](O)COC(C)C)CCO1)C(=O)c1cccc(F)c1. The van der Waals surface area contributed by atoms with Gasteiger partial charge in [0.1, 0.15) is 5.82 Å². The predicted octanol–water partition coefficient (Wildman–Crippen LogP) is 1.40. The van der Waals surface area contributed by atoms with Crippen molar-refractivity contribution in [3.63, 3.8) is 0 Å². The lowest BCUT2D eigenvalue weighted by Gasteiger charge is -2.36. The van der Waals surface area contributed by atoms with Gasteiger partial charge in [0.15, 0.2) is 0 Å². The first-order valence-corrected chi connectivity index (χ1v) is 10.1. The van der Waals surface area contributed by atoms with Crippen molar-refractivity contribution in [2.75, 3.05) is 59.7 Å². The third-order valence-corrected chi connectivity index (χ3v) is 4.66. The van der Waals surface area contributed by atoms with Gasteiger partial charge in [0.25, 0.3) is 5.91 Å². The van der Waals surface area contributed by atoms with Gasteiger partial charge >= 0.3 is 0 Å². The lowest BCUT2D eigenvalue weighted by molar-refractivity contribution is -0.0634. The summed E-state index contributed by atoms with van der Waals surface area (Å²) in [6.07, 6.45) is -0.698. The fraction of sp³-hybridized carbons (Fsp3) is 0.667. The summed E-state index contributed by atoms with van der Waals surface area (Å²) < 4.78 is 30.0. The van der Waals surface area contributed by atoms with E-state index in [4.69, 9.17) is 14.2 Å². The molecule has 0 aromatic heterocycles. The van der Waals surface area contributed by atoms with E-state index in [0.29, 0.717) is 51.5 Å². The molecular weight excluding hydrogens is 379 g/mol. The lowest BCUT2D eigenvalue weighted by atomic mass is 10.1. The van der Waals surface area contributed by atoms with Crippen molar-refractivity contribution < 1.29 is 28.5 Å². The highest BCUT2D eigenvalue weighted by Crippen LogP contribution is 2.12. The molecule has 0 saturated carbocycles. The van der Waals surface area contributed by atoms with Crippen LogP contribution in [0, 0.1) is 5.82 Å². The zero-order valence-electron chi connectivity index (χ0n) is 17.6. The van der Waals surface area contributed by atoms with Gasteiger partial charge in [0, 0.05) is 45.4 Å². The number of rotatable bonds is 11. The zero-order chi connectivity index (χ0) is 21.2. The van der Waals surface area contributed by atoms with E-state index in [0.717, 1.165) is 0 Å². The predicted molar refractivity (Wildman–Crippen MR) is 107 cm³/mol. The molecule has 0 radical (unpaired) electrons. The first-order chi connectivity index (χ1) is 13.9. The van der Waals surface area contributed by atoms with E-state index in [-0.39, 0.29) is 24.7 Å². The number of carbonyl (C=O) groups is 1. The monoisotopic (exact) mass is 412 g/mol. The summed E-state index contributed by atoms with van der Waals surface area (Å²) in [5.74, 6) is -0.701. The standard InChI is InChI=1S/C21H33FN2O5/c1-16(2)29-15-19(25)12-23-7-10-28-20(13-23)14-24(8-9-27-3)21(26)17-5-4-6-18(22)11-17/h4-6,11,16,19-20,25H,7-10,12-15H2,1-3H3/t19-,20-/m0/s1. The van der Waals surface area contributed by atoms with Gasteiger partial charge in [0.05, 0.1) is 38.1 Å². The van der Waals surface area contributed by atoms with E-state index in [1.165, 1.54) is 18.2 Å². The fourth-order valence-corrected chi connectivity index (χ4v) is 3.24. The molecule has 2 rings (SSSR count). The minimum atomic E-state index is -0.574. The second-order valence-electron chi connectivity index (χ2n) is 7.54. The maximum absolute atomic E-state index is 13.5. The third kappa shape index (κ3) is 8.36. The summed E-state index contributed by atoms with van der Waals surface area (Å²) in [5, 5.41) is 10.2. The number of halogens is 1. The molecular formula is C21H33FN2O5. The normalized spacial score (nSPS) is 18.8. The van der Waals surface area contributed by atoms with Crippen LogP contribution in [0.2, 0.25) is 0 Å². The molecule has 2 atom stereocenters. The molecule has 0 spiro atoms. The minimum absolute atomic E-state index is 0.0743. The Bertz CT molecular complexity index is 631. The van der Waals surface area contributed by atoms with Gasteiger partial charge in [-0.05, 0) is 32.0 Å². The van der Waals surface area contributed by atoms with Crippen molar-refractivity contribution in [3.8, 4) is 0 Å². The molecule has 1 fully saturated rings. The van der Waals surface area contributed by atoms with E-state index in [9.17, 15) is 14.3 Å². The van der Waals surface area contributed by atoms with Crippen LogP contribution in [0.1, 0.15) is 24.2 Å². The van der Waals surface area contributed by atoms with E-state index >= 15 is 0 Å². The van der Waals surface area contributed by atoms with Crippen molar-refractivity contribution in [3.05, 3.63) is 35.6 Å². The molecule has 29 heavy (non-hydrogen) atoms. The van der Waals surface area contributed by atoms with Gasteiger partial charge in [-0.1, -0.05) is 6.07 Å². The summed E-state index contributed by atoms with van der Waals surface area (Å²) in [5.41, 5.74) is 0.301. The molecule has 1 amide bonds. The highest BCUT2D eigenvalue weighted by molar-refractivity contribution is 5.94. The zero-order valence-corrected chi connectivity index (χ0v) is 17.6. The Morgan fingerprint density at radius 2 is 2.24 bits per heavy atom. The second kappa shape index (κ2) is 12.2. The molecule has 164 valence electrons. The Balaban J connectivity index is 1.94. The van der Waals surface area contributed by atoms with Gasteiger partial charge < -0.3 is 24.2 Å². The highest BCUT2D eigenvalue weighted by atomic mass is 19.1. The summed E-state index contributed by atoms with van der Waals surface area (Å²) >= 11 is 0. The number of amides is 1. The van der Waals surface area contributed by atoms with Crippen LogP contribution >= 0.6 is 0 Å². The Morgan fingerprint density at radius 1 is 1.45 bits per heavy atom. The van der Waals surface area contributed by atoms with Crippen LogP contribution in [0.25, 0.3) is 0 Å². The number of methoxy groups -OCH3 is 1. The molecule has 8 heteroatoms. The molecule has 1 aliphatic rings. The molecule has 0 unspecified atom stereocenters. The van der Waals surface area contributed by atoms with E-state index < -0.39 is 11.9 Å². The van der Waals surface area contributed by atoms with Crippen LogP contribution in [-0.2, 0) is 14.2 Å². The van der Waals surface area contributed by atoms with Crippen LogP contribution in [0.3, 0.4) is 0 Å². The van der Waals surface area contributed by atoms with Gasteiger partial charge in [0.2, 0.25) is 0 Å². The number of aliphatic hydroxyl groups excluding tert-OH is 1. The average Bonchev–Trinajstić information content (AvgIpc) is 2.69. The minimum Gasteiger partial charge on any atom is -0.389 e. The van der Waals surface area contributed by atoms with Crippen molar-refractivity contribution in [1.82, 2.24) is 9.80 Å². The first-order valence-electron chi connectivity index (χ1n) is 10.1. The van der Waals surface area contributed by atoms with Crippen molar-refractivity contribution >= 4 is 5.91 Å². The van der Waals surface area contributed by atoms with Crippen LogP contribution in [0.4, 0.5) is 4.39 Å². The molecule has 1 saturated heterocycles. The molecule has 1 N–H and O–H groups in total. The largest absolute Gasteiger partial charge is 0.389 e. The number of carbonyl (C=O) groups excluding carboxylic acids is 1. The summed E-state index contributed by atoms with van der Waals surface area (Å²) in [6.45, 7) is 7.61. The number of nitrogens with zero attached hydrogens (tertiary/aromatic N) is 2. The van der Waals surface area contributed by atoms with E-state index in [2.05, 4.69) is 4.90 Å². The van der Waals surface area contributed by atoms with E-state index in [1.807, 2.05) is 13.8 Å². The molecule has 0 bridgehead atoms. The molecule has 1 aromatic carbocycles. The van der Waals surface area contributed by atoms with Crippen molar-refractivity contribution in [1.29, 1.82) is 0 Å². The molecule has 1 aliphatic heterocycles. The average molecular weight is 413 g/mol. The van der Waals surface area contributed by atoms with Crippen LogP contribution in [0.15, 0.2) is 24.3 Å². The maximum atomic E-state index is 13.5. The molecule has 1 heterocycles. The van der Waals surface area contributed by atoms with Gasteiger partial charge in [-0.3, -0.25) is 9.69 Å². The van der Waals surface area contributed by atoms with Crippen LogP contribution in [0.5, 0.6) is 0 Å². The Kier molecular flexibility index (Phi) is 9.96. The van der Waals surface area contributed by atoms with E-state index in [1.54, 1.807) is 18.1 Å². The van der Waals surface area contributed by atoms with Gasteiger partial charge in [-0.2, -0.15) is 0 Å². The Labute approximate surface area is 172 Å². The first kappa shape index (κ1) is 23.7. The van der Waals surface area contributed by atoms with Crippen molar-refractivity contribution in [2.24, 2.45) is 0 Å². The second-order valence-corrected chi connectivity index (χ2v) is 7.54. The summed E-state index contributed by atoms with van der Waals surface area (Å²) in [6, 6.07) is 5.68. The number of hydrogen-bond acceptors (Lipinski definition) is 6. The lowest BCUT2D eigenvalue weighted by Crippen LogP contribution is -2.51. The summed E-state index contributed by atoms with van der Waals surface area (Å²) in [4.78, 5) is 16.6. The van der Waals surface area contributed by atoms with Crippen LogP contribution < -0.4 is 0 Å². The molecule has 0 aliphatic carbocycles. The maximum Gasteiger partial charge on any atom is 0.254 e. The number of hydrogen-bond donors (Lipinski definition) is 1. The van der Waals surface area contributed by atoms with Gasteiger partial charge in [-0.15, -0.1) is 0 Å². The number of morpholine rings is 1. The van der Waals surface area contributed by atoms with Crippen LogP contribution in [-0.4, -0.2) is 98.8 Å². The molecule has 7 nitrogen and oxygen atoms in total. The molecule has 1 aromatic rings.